The van der Waals surface area contributed by atoms with Gasteiger partial charge in [0.1, 0.15) is 11.6 Å². The average molecular weight is 389 g/mol. The van der Waals surface area contributed by atoms with Crippen LogP contribution < -0.4 is 5.73 Å². The van der Waals surface area contributed by atoms with E-state index in [1.54, 1.807) is 24.3 Å². The van der Waals surface area contributed by atoms with E-state index in [0.29, 0.717) is 10.9 Å². The number of benzene rings is 2. The lowest BCUT2D eigenvalue weighted by atomic mass is 10.2. The Morgan fingerprint density at radius 3 is 2.52 bits per heavy atom. The Hall–Kier alpha value is -3.07. The van der Waals surface area contributed by atoms with Crippen LogP contribution in [-0.4, -0.2) is 29.6 Å². The van der Waals surface area contributed by atoms with Crippen LogP contribution in [0.25, 0.3) is 10.9 Å². The van der Waals surface area contributed by atoms with Crippen molar-refractivity contribution in [3.05, 3.63) is 60.2 Å². The maximum Gasteiger partial charge on any atom is 0.324 e. The number of nitrogens with two attached hydrogens (primary N) is 1. The van der Waals surface area contributed by atoms with E-state index in [1.807, 2.05) is 0 Å². The van der Waals surface area contributed by atoms with Gasteiger partial charge in [-0.05, 0) is 43.3 Å². The highest BCUT2D eigenvalue weighted by Gasteiger charge is 2.31. The number of sulfone groups is 1. The van der Waals surface area contributed by atoms with Crippen LogP contribution >= 0.6 is 0 Å². The van der Waals surface area contributed by atoms with Gasteiger partial charge in [-0.2, -0.15) is 0 Å². The van der Waals surface area contributed by atoms with Crippen LogP contribution in [0.1, 0.15) is 12.7 Å². The maximum absolute atomic E-state index is 13.0. The lowest BCUT2D eigenvalue weighted by molar-refractivity contribution is -0.144. The number of anilines is 1. The molecule has 0 saturated heterocycles. The molecule has 9 heteroatoms. The molecule has 0 aliphatic rings. The van der Waals surface area contributed by atoms with Crippen molar-refractivity contribution in [2.75, 3.05) is 5.73 Å². The lowest BCUT2D eigenvalue weighted by Crippen LogP contribution is -2.29. The molecule has 1 aromatic heterocycles. The number of aromatic nitrogens is 2. The minimum Gasteiger partial charge on any atom is -0.456 e. The molecule has 1 heterocycles. The number of esters is 1. The number of nitrogens with zero attached hydrogens (tertiary/aromatic N) is 2. The number of fused-ring (bicyclic) bond motifs is 1. The molecule has 3 aromatic rings. The highest BCUT2D eigenvalue weighted by atomic mass is 32.2. The van der Waals surface area contributed by atoms with Crippen LogP contribution in [0, 0.1) is 5.82 Å². The van der Waals surface area contributed by atoms with Crippen LogP contribution in [-0.2, 0) is 26.0 Å². The van der Waals surface area contributed by atoms with Crippen molar-refractivity contribution in [3.8, 4) is 0 Å². The van der Waals surface area contributed by atoms with Gasteiger partial charge >= 0.3 is 5.97 Å². The lowest BCUT2D eigenvalue weighted by Gasteiger charge is -2.13. The van der Waals surface area contributed by atoms with Gasteiger partial charge in [-0.1, -0.05) is 12.1 Å². The summed E-state index contributed by atoms with van der Waals surface area (Å²) in [5, 5.41) is -0.805. The first-order valence-corrected chi connectivity index (χ1v) is 9.51. The van der Waals surface area contributed by atoms with E-state index in [2.05, 4.69) is 9.97 Å². The number of para-hydroxylation sites is 1. The van der Waals surface area contributed by atoms with Gasteiger partial charge < -0.3 is 10.5 Å². The quantitative estimate of drug-likeness (QED) is 0.526. The van der Waals surface area contributed by atoms with Gasteiger partial charge in [0, 0.05) is 5.39 Å². The summed E-state index contributed by atoms with van der Waals surface area (Å²) in [5.74, 6) is -1.14. The molecule has 2 aromatic carbocycles. The SMILES string of the molecule is C[C@@H](C(=O)OCc1nc(N)c2ccccc2n1)S(=O)(=O)c1ccc(F)cc1. The van der Waals surface area contributed by atoms with Gasteiger partial charge in [0.15, 0.2) is 27.5 Å². The second-order valence-corrected chi connectivity index (χ2v) is 8.06. The van der Waals surface area contributed by atoms with E-state index < -0.39 is 26.9 Å². The number of carbonyl (C=O) groups excluding carboxylic acids is 1. The van der Waals surface area contributed by atoms with E-state index in [4.69, 9.17) is 10.5 Å². The molecular formula is C18H16FN3O4S. The molecule has 3 rings (SSSR count). The summed E-state index contributed by atoms with van der Waals surface area (Å²) < 4.78 is 42.9. The second kappa shape index (κ2) is 7.28. The van der Waals surface area contributed by atoms with Crippen LogP contribution in [0.4, 0.5) is 10.2 Å². The first-order chi connectivity index (χ1) is 12.8. The third kappa shape index (κ3) is 3.87. The van der Waals surface area contributed by atoms with Gasteiger partial charge in [-0.25, -0.2) is 22.8 Å². The number of halogens is 1. The Balaban J connectivity index is 1.74. The highest BCUT2D eigenvalue weighted by molar-refractivity contribution is 7.92. The topological polar surface area (TPSA) is 112 Å². The molecule has 0 fully saturated rings. The molecule has 0 aliphatic heterocycles. The summed E-state index contributed by atoms with van der Waals surface area (Å²) in [6.45, 7) is 0.883. The number of rotatable bonds is 5. The van der Waals surface area contributed by atoms with E-state index in [1.165, 1.54) is 6.92 Å². The monoisotopic (exact) mass is 389 g/mol. The van der Waals surface area contributed by atoms with Gasteiger partial charge in [0.25, 0.3) is 0 Å². The fourth-order valence-electron chi connectivity index (χ4n) is 2.42. The fraction of sp³-hybridized carbons (Fsp3) is 0.167. The molecule has 0 aliphatic carbocycles. The molecule has 0 unspecified atom stereocenters. The summed E-state index contributed by atoms with van der Waals surface area (Å²) in [6, 6.07) is 11.3. The van der Waals surface area contributed by atoms with Crippen molar-refractivity contribution in [3.63, 3.8) is 0 Å². The molecule has 7 nitrogen and oxygen atoms in total. The zero-order valence-corrected chi connectivity index (χ0v) is 15.1. The number of nitrogen functional groups attached to an aromatic ring is 1. The van der Waals surface area contributed by atoms with E-state index in [9.17, 15) is 17.6 Å². The predicted molar refractivity (Wildman–Crippen MR) is 96.8 cm³/mol. The molecule has 0 radical (unpaired) electrons. The minimum absolute atomic E-state index is 0.158. The van der Waals surface area contributed by atoms with Crippen molar-refractivity contribution in [1.82, 2.24) is 9.97 Å². The first kappa shape index (κ1) is 18.7. The summed E-state index contributed by atoms with van der Waals surface area (Å²) in [5.41, 5.74) is 6.45. The smallest absolute Gasteiger partial charge is 0.324 e. The first-order valence-electron chi connectivity index (χ1n) is 7.96. The Bertz CT molecular complexity index is 1100. The zero-order chi connectivity index (χ0) is 19.6. The number of hydrogen-bond acceptors (Lipinski definition) is 7. The number of carbonyl (C=O) groups is 1. The Morgan fingerprint density at radius 1 is 1.15 bits per heavy atom. The van der Waals surface area contributed by atoms with Crippen LogP contribution in [0.5, 0.6) is 0 Å². The van der Waals surface area contributed by atoms with Crippen molar-refractivity contribution in [2.24, 2.45) is 0 Å². The molecule has 27 heavy (non-hydrogen) atoms. The van der Waals surface area contributed by atoms with Crippen LogP contribution in [0.3, 0.4) is 0 Å². The molecule has 1 atom stereocenters. The molecule has 140 valence electrons. The van der Waals surface area contributed by atoms with Gasteiger partial charge in [-0.15, -0.1) is 0 Å². The van der Waals surface area contributed by atoms with E-state index in [-0.39, 0.29) is 23.1 Å². The third-order valence-corrected chi connectivity index (χ3v) is 6.01. The van der Waals surface area contributed by atoms with E-state index >= 15 is 0 Å². The molecule has 0 spiro atoms. The maximum atomic E-state index is 13.0. The second-order valence-electron chi connectivity index (χ2n) is 5.79. The molecule has 0 amide bonds. The average Bonchev–Trinajstić information content (AvgIpc) is 2.66. The molecule has 2 N–H and O–H groups in total. The highest BCUT2D eigenvalue weighted by Crippen LogP contribution is 2.19. The Labute approximate surface area is 154 Å². The molecular weight excluding hydrogens is 373 g/mol. The summed E-state index contributed by atoms with van der Waals surface area (Å²) >= 11 is 0. The van der Waals surface area contributed by atoms with Gasteiger partial charge in [0.05, 0.1) is 10.4 Å². The number of hydrogen-bond donors (Lipinski definition) is 1. The van der Waals surface area contributed by atoms with Crippen molar-refractivity contribution >= 4 is 32.5 Å². The molecule has 0 saturated carbocycles. The van der Waals surface area contributed by atoms with Crippen molar-refractivity contribution < 1.29 is 22.3 Å². The van der Waals surface area contributed by atoms with Crippen LogP contribution in [0.2, 0.25) is 0 Å². The minimum atomic E-state index is -4.01. The van der Waals surface area contributed by atoms with Gasteiger partial charge in [0.2, 0.25) is 0 Å². The zero-order valence-electron chi connectivity index (χ0n) is 14.3. The van der Waals surface area contributed by atoms with Crippen LogP contribution in [0.15, 0.2) is 53.4 Å². The summed E-state index contributed by atoms with van der Waals surface area (Å²) in [7, 11) is -4.01. The van der Waals surface area contributed by atoms with E-state index in [0.717, 1.165) is 24.3 Å². The normalized spacial score (nSPS) is 12.7. The largest absolute Gasteiger partial charge is 0.456 e. The van der Waals surface area contributed by atoms with Gasteiger partial charge in [-0.3, -0.25) is 4.79 Å². The predicted octanol–water partition coefficient (Wildman–Crippen LogP) is 2.26. The third-order valence-electron chi connectivity index (χ3n) is 3.96. The van der Waals surface area contributed by atoms with Crippen molar-refractivity contribution in [2.45, 2.75) is 23.7 Å². The molecule has 0 bridgehead atoms. The fourth-order valence-corrected chi connectivity index (χ4v) is 3.67. The summed E-state index contributed by atoms with van der Waals surface area (Å²) in [4.78, 5) is 20.3. The number of ether oxygens (including phenoxy) is 1. The van der Waals surface area contributed by atoms with Crippen molar-refractivity contribution in [1.29, 1.82) is 0 Å². The Kier molecular flexibility index (Phi) is 5.04. The summed E-state index contributed by atoms with van der Waals surface area (Å²) in [6.07, 6.45) is 0. The Morgan fingerprint density at radius 2 is 1.81 bits per heavy atom. The standard InChI is InChI=1S/C18H16FN3O4S/c1-11(27(24,25)13-8-6-12(19)7-9-13)18(23)26-10-16-21-15-5-3-2-4-14(15)17(20)22-16/h2-9,11H,10H2,1H3,(H2,20,21,22)/t11-/m0/s1.